The zero-order valence-corrected chi connectivity index (χ0v) is 22.7. The van der Waals surface area contributed by atoms with Crippen LogP contribution in [0.5, 0.6) is 0 Å². The molecular weight excluding hydrogens is 505 g/mol. The molecule has 0 N–H and O–H groups in total. The van der Waals surface area contributed by atoms with Crippen molar-refractivity contribution in [2.45, 2.75) is 0 Å². The third-order valence-corrected chi connectivity index (χ3v) is 10.6. The van der Waals surface area contributed by atoms with Crippen LogP contribution in [0.1, 0.15) is 0 Å². The third-order valence-electron chi connectivity index (χ3n) is 7.57. The van der Waals surface area contributed by atoms with Crippen LogP contribution in [0, 0.1) is 0 Å². The largest absolute Gasteiger partial charge is 0.309 e. The number of pyridine rings is 1. The van der Waals surface area contributed by atoms with Gasteiger partial charge >= 0.3 is 0 Å². The molecule has 40 heavy (non-hydrogen) atoms. The second-order valence-electron chi connectivity index (χ2n) is 9.93. The maximum absolute atomic E-state index is 15.1. The number of fused-ring (bicyclic) bond motifs is 2. The molecule has 0 spiro atoms. The first kappa shape index (κ1) is 24.3. The normalized spacial score (nSPS) is 12.8. The van der Waals surface area contributed by atoms with Crippen molar-refractivity contribution < 1.29 is 4.57 Å². The Morgan fingerprint density at radius 1 is 0.375 bits per heavy atom. The smallest absolute Gasteiger partial charge is 0.171 e. The molecule has 1 heterocycles. The molecule has 0 aliphatic rings. The van der Waals surface area contributed by atoms with Crippen LogP contribution in [0.25, 0.3) is 44.1 Å². The number of aromatic nitrogens is 1. The van der Waals surface area contributed by atoms with Crippen molar-refractivity contribution in [2.75, 3.05) is 0 Å². The molecule has 0 saturated carbocycles. The molecule has 1 aromatic heterocycles. The fourth-order valence-electron chi connectivity index (χ4n) is 5.57. The molecule has 1 unspecified atom stereocenters. The fourth-order valence-corrected chi connectivity index (χ4v) is 8.19. The van der Waals surface area contributed by atoms with E-state index in [0.717, 1.165) is 60.0 Å². The maximum atomic E-state index is 15.1. The summed E-state index contributed by atoms with van der Waals surface area (Å²) in [6.45, 7) is 0. The minimum absolute atomic E-state index is 0.817. The summed E-state index contributed by atoms with van der Waals surface area (Å²) in [6.07, 6.45) is 0. The molecule has 0 aliphatic heterocycles. The summed E-state index contributed by atoms with van der Waals surface area (Å²) in [5.74, 6) is 0. The van der Waals surface area contributed by atoms with Gasteiger partial charge in [-0.1, -0.05) is 146 Å². The van der Waals surface area contributed by atoms with Gasteiger partial charge in [-0.2, -0.15) is 0 Å². The Morgan fingerprint density at radius 2 is 0.775 bits per heavy atom. The van der Waals surface area contributed by atoms with Crippen LogP contribution in [-0.4, -0.2) is 4.98 Å². The highest BCUT2D eigenvalue weighted by atomic mass is 31.2. The molecule has 0 amide bonds. The van der Waals surface area contributed by atoms with Crippen molar-refractivity contribution in [1.29, 1.82) is 0 Å². The molecular formula is C37H26NOP. The molecule has 2 nitrogen and oxygen atoms in total. The summed E-state index contributed by atoms with van der Waals surface area (Å²) in [5, 5.41) is 4.69. The van der Waals surface area contributed by atoms with Gasteiger partial charge in [-0.15, -0.1) is 0 Å². The van der Waals surface area contributed by atoms with Crippen molar-refractivity contribution in [3.05, 3.63) is 158 Å². The Bertz CT molecular complexity index is 1940. The Morgan fingerprint density at radius 3 is 1.32 bits per heavy atom. The van der Waals surface area contributed by atoms with Gasteiger partial charge in [-0.05, 0) is 28.8 Å². The molecule has 7 aromatic rings. The average molecular weight is 532 g/mol. The standard InChI is InChI=1S/C37H26NOP/c39-40(30-13-5-2-6-14-30,31-23-19-28(20-24-31)27-11-3-1-4-12-27)32-25-21-29(22-26-32)37-33-15-7-9-17-35(33)38-36-18-10-8-16-34(36)37/h1-26H. The monoisotopic (exact) mass is 531 g/mol. The van der Waals surface area contributed by atoms with Gasteiger partial charge in [-0.25, -0.2) is 4.98 Å². The van der Waals surface area contributed by atoms with Gasteiger partial charge in [-0.3, -0.25) is 0 Å². The van der Waals surface area contributed by atoms with E-state index in [9.17, 15) is 0 Å². The lowest BCUT2D eigenvalue weighted by molar-refractivity contribution is 0.592. The molecule has 6 aromatic carbocycles. The zero-order chi connectivity index (χ0) is 26.9. The average Bonchev–Trinajstić information content (AvgIpc) is 3.04. The lowest BCUT2D eigenvalue weighted by Gasteiger charge is -2.21. The quantitative estimate of drug-likeness (QED) is 0.165. The number of rotatable bonds is 5. The van der Waals surface area contributed by atoms with E-state index in [4.69, 9.17) is 4.98 Å². The van der Waals surface area contributed by atoms with Crippen LogP contribution in [0.15, 0.2) is 158 Å². The van der Waals surface area contributed by atoms with Gasteiger partial charge in [0.25, 0.3) is 0 Å². The van der Waals surface area contributed by atoms with Gasteiger partial charge in [0.2, 0.25) is 0 Å². The first-order valence-electron chi connectivity index (χ1n) is 13.4. The topological polar surface area (TPSA) is 30.0 Å². The van der Waals surface area contributed by atoms with E-state index in [1.165, 1.54) is 0 Å². The summed E-state index contributed by atoms with van der Waals surface area (Å²) < 4.78 is 15.1. The molecule has 1 atom stereocenters. The van der Waals surface area contributed by atoms with Crippen LogP contribution < -0.4 is 15.9 Å². The Kier molecular flexibility index (Phi) is 6.11. The Balaban J connectivity index is 1.37. The number of para-hydroxylation sites is 2. The first-order valence-corrected chi connectivity index (χ1v) is 15.1. The van der Waals surface area contributed by atoms with Crippen LogP contribution >= 0.6 is 7.14 Å². The summed E-state index contributed by atoms with van der Waals surface area (Å²) in [4.78, 5) is 4.88. The van der Waals surface area contributed by atoms with E-state index in [1.54, 1.807) is 0 Å². The summed E-state index contributed by atoms with van der Waals surface area (Å²) in [5.41, 5.74) is 6.41. The molecule has 0 aliphatic carbocycles. The van der Waals surface area contributed by atoms with E-state index < -0.39 is 7.14 Å². The lowest BCUT2D eigenvalue weighted by atomic mass is 9.96. The van der Waals surface area contributed by atoms with Crippen LogP contribution in [-0.2, 0) is 4.57 Å². The first-order chi connectivity index (χ1) is 19.7. The van der Waals surface area contributed by atoms with Crippen molar-refractivity contribution in [3.8, 4) is 22.3 Å². The molecule has 0 fully saturated rings. The lowest BCUT2D eigenvalue weighted by Crippen LogP contribution is -2.24. The van der Waals surface area contributed by atoms with Gasteiger partial charge in [0.05, 0.1) is 11.0 Å². The third kappa shape index (κ3) is 4.14. The highest BCUT2D eigenvalue weighted by molar-refractivity contribution is 7.85. The highest BCUT2D eigenvalue weighted by Gasteiger charge is 2.29. The molecule has 7 rings (SSSR count). The van der Waals surface area contributed by atoms with E-state index in [1.807, 2.05) is 84.9 Å². The summed E-state index contributed by atoms with van der Waals surface area (Å²) in [6, 6.07) is 53.1. The Hall–Kier alpha value is -4.78. The number of benzene rings is 6. The SMILES string of the molecule is O=P(c1ccccc1)(c1ccc(-c2ccccc2)cc1)c1ccc(-c2c3ccccc3nc3ccccc23)cc1. The Labute approximate surface area is 234 Å². The summed E-state index contributed by atoms with van der Waals surface area (Å²) >= 11 is 0. The van der Waals surface area contributed by atoms with Crippen molar-refractivity contribution in [2.24, 2.45) is 0 Å². The predicted octanol–water partition coefficient (Wildman–Crippen LogP) is 8.36. The van der Waals surface area contributed by atoms with Crippen molar-refractivity contribution in [3.63, 3.8) is 0 Å². The van der Waals surface area contributed by atoms with Gasteiger partial charge in [0.15, 0.2) is 7.14 Å². The molecule has 3 heteroatoms. The van der Waals surface area contributed by atoms with Gasteiger partial charge in [0, 0.05) is 32.2 Å². The van der Waals surface area contributed by atoms with E-state index >= 15 is 4.57 Å². The van der Waals surface area contributed by atoms with Gasteiger partial charge in [0.1, 0.15) is 0 Å². The molecule has 0 radical (unpaired) electrons. The van der Waals surface area contributed by atoms with Crippen LogP contribution in [0.4, 0.5) is 0 Å². The second-order valence-corrected chi connectivity index (χ2v) is 12.7. The fraction of sp³-hybridized carbons (Fsp3) is 0. The predicted molar refractivity (Wildman–Crippen MR) is 170 cm³/mol. The maximum Gasteiger partial charge on any atom is 0.171 e. The van der Waals surface area contributed by atoms with Crippen LogP contribution in [0.3, 0.4) is 0 Å². The van der Waals surface area contributed by atoms with E-state index in [-0.39, 0.29) is 0 Å². The summed E-state index contributed by atoms with van der Waals surface area (Å²) in [7, 11) is -3.11. The number of nitrogens with zero attached hydrogens (tertiary/aromatic N) is 1. The zero-order valence-electron chi connectivity index (χ0n) is 21.8. The van der Waals surface area contributed by atoms with E-state index in [2.05, 4.69) is 72.8 Å². The van der Waals surface area contributed by atoms with E-state index in [0.29, 0.717) is 0 Å². The van der Waals surface area contributed by atoms with Crippen molar-refractivity contribution >= 4 is 44.9 Å². The number of hydrogen-bond donors (Lipinski definition) is 0. The second kappa shape index (κ2) is 10.1. The van der Waals surface area contributed by atoms with Gasteiger partial charge < -0.3 is 4.57 Å². The number of hydrogen-bond acceptors (Lipinski definition) is 2. The van der Waals surface area contributed by atoms with Crippen molar-refractivity contribution in [1.82, 2.24) is 4.98 Å². The molecule has 0 bridgehead atoms. The van der Waals surface area contributed by atoms with Crippen LogP contribution in [0.2, 0.25) is 0 Å². The minimum Gasteiger partial charge on any atom is -0.309 e. The highest BCUT2D eigenvalue weighted by Crippen LogP contribution is 2.43. The molecule has 0 saturated heterocycles. The molecule has 190 valence electrons. The minimum atomic E-state index is -3.11.